The first-order valence-electron chi connectivity index (χ1n) is 0. The quantitative estimate of drug-likeness (QED) is 0.596. The van der Waals surface area contributed by atoms with Crippen molar-refractivity contribution >= 4 is 47.8 Å². The summed E-state index contributed by atoms with van der Waals surface area (Å²) in [5.41, 5.74) is 0. The van der Waals surface area contributed by atoms with E-state index in [0.29, 0.717) is 0 Å². The molecule has 0 rings (SSSR count). The summed E-state index contributed by atoms with van der Waals surface area (Å²) in [6, 6.07) is 0. The Labute approximate surface area is 71.2 Å². The first-order chi connectivity index (χ1) is 0. The second kappa shape index (κ2) is 23.3. The van der Waals surface area contributed by atoms with Crippen molar-refractivity contribution in [2.45, 2.75) is 14.9 Å². The van der Waals surface area contributed by atoms with E-state index in [1.54, 1.807) is 0 Å². The van der Waals surface area contributed by atoms with Crippen LogP contribution in [0.1, 0.15) is 23.4 Å². The van der Waals surface area contributed by atoms with Gasteiger partial charge in [-0.3, -0.25) is 0 Å². The largest absolute Gasteiger partial charge is 0.0776 e. The van der Waals surface area contributed by atoms with Crippen molar-refractivity contribution < 1.29 is 8.56 Å². The average molecular weight is 282 g/mol. The molecule has 36 valence electrons. The molecule has 0 heterocycles. The molecule has 0 atom stereocenters. The Morgan fingerprint density at radius 1 is 0.750 bits per heavy atom. The van der Waals surface area contributed by atoms with E-state index in [1.165, 1.54) is 0 Å². The van der Waals surface area contributed by atoms with Gasteiger partial charge in [-0.05, 0) is 0 Å². The molecule has 0 aliphatic rings. The molecule has 0 saturated heterocycles. The summed E-state index contributed by atoms with van der Waals surface area (Å²) in [4.78, 5) is 0. The van der Waals surface area contributed by atoms with E-state index in [-0.39, 0.29) is 71.2 Å². The summed E-state index contributed by atoms with van der Waals surface area (Å²) in [5, 5.41) is 0. The predicted molar refractivity (Wildman–Crippen MR) is 37.7 cm³/mol. The molecule has 0 spiro atoms. The second-order valence-corrected chi connectivity index (χ2v) is 0. The van der Waals surface area contributed by atoms with Crippen LogP contribution in [0.2, 0.25) is 0 Å². The van der Waals surface area contributed by atoms with E-state index in [2.05, 4.69) is 0 Å². The second-order valence-electron chi connectivity index (χ2n) is 0. The fraction of sp³-hybridized carbons (Fsp3) is 1.00. The van der Waals surface area contributed by atoms with E-state index < -0.39 is 0 Å². The Balaban J connectivity index is 0. The minimum absolute atomic E-state index is 0. The smallest absolute Gasteiger partial charge is 0 e. The maximum atomic E-state index is 0. The van der Waals surface area contributed by atoms with Crippen LogP contribution in [0, 0.1) is 0 Å². The predicted octanol–water partition coefficient (Wildman–Crippen LogP) is 1.99. The van der Waals surface area contributed by atoms with E-state index in [1.807, 2.05) is 0 Å². The van der Waals surface area contributed by atoms with Crippen LogP contribution >= 0.6 is 0 Å². The molecule has 0 fully saturated rings. The molecule has 0 aromatic carbocycles. The monoisotopic (exact) mass is 284 g/mol. The van der Waals surface area contributed by atoms with Crippen LogP contribution in [0.5, 0.6) is 0 Å². The van der Waals surface area contributed by atoms with Gasteiger partial charge in [-0.2, -0.15) is 0 Å². The molecule has 0 bridgehead atoms. The van der Waals surface area contributed by atoms with Gasteiger partial charge in [-0.15, -0.1) is 0 Å². The summed E-state index contributed by atoms with van der Waals surface area (Å²) in [6.45, 7) is 0. The third kappa shape index (κ3) is 9.51. The van der Waals surface area contributed by atoms with Crippen LogP contribution in [0.4, 0.5) is 0 Å². The molecule has 0 N–H and O–H groups in total. The normalized spacial score (nSPS) is 0. The van der Waals surface area contributed by atoms with Gasteiger partial charge in [-0.1, -0.05) is 14.9 Å². The summed E-state index contributed by atoms with van der Waals surface area (Å²) in [6.07, 6.45) is 0. The van der Waals surface area contributed by atoms with Gasteiger partial charge in [0.05, 0.1) is 0 Å². The van der Waals surface area contributed by atoms with Gasteiger partial charge in [0.2, 0.25) is 0 Å². The maximum absolute atomic E-state index is 0. The topological polar surface area (TPSA) is 0 Å². The van der Waals surface area contributed by atoms with Crippen molar-refractivity contribution in [3.63, 3.8) is 0 Å². The molecule has 0 aliphatic heterocycles. The Hall–Kier alpha value is 1.60. The SMILES string of the molecule is C.C.[HH].[HH].[HH].[HH].[HH].[HH].[Sn].[Sn]. The summed E-state index contributed by atoms with van der Waals surface area (Å²) < 4.78 is 0. The minimum Gasteiger partial charge on any atom is -0.0776 e. The maximum Gasteiger partial charge on any atom is 0 e. The van der Waals surface area contributed by atoms with Crippen LogP contribution < -0.4 is 0 Å². The van der Waals surface area contributed by atoms with Gasteiger partial charge in [-0.25, -0.2) is 0 Å². The molecule has 4 heavy (non-hydrogen) atoms. The van der Waals surface area contributed by atoms with Crippen LogP contribution in [0.25, 0.3) is 0 Å². The standard InChI is InChI=1S/2CH4.2Sn.6H2/h2*1H4;;;6*1H. The molecule has 8 radical (unpaired) electrons. The summed E-state index contributed by atoms with van der Waals surface area (Å²) >= 11 is 0. The number of hydrogen-bond donors (Lipinski definition) is 0. The molecule has 0 aromatic rings. The van der Waals surface area contributed by atoms with Crippen LogP contribution in [-0.4, -0.2) is 47.8 Å². The zero-order chi connectivity index (χ0) is 0. The van der Waals surface area contributed by atoms with Crippen molar-refractivity contribution in [3.8, 4) is 0 Å². The average Bonchev–Trinajstić information content (AvgIpc) is 0. The van der Waals surface area contributed by atoms with Gasteiger partial charge in [0, 0.05) is 56.4 Å². The molecule has 2 heteroatoms. The van der Waals surface area contributed by atoms with E-state index in [4.69, 9.17) is 0 Å². The van der Waals surface area contributed by atoms with Crippen LogP contribution in [-0.2, 0) is 0 Å². The van der Waals surface area contributed by atoms with Gasteiger partial charge in [0.1, 0.15) is 0 Å². The molecule has 0 aliphatic carbocycles. The molecule has 0 unspecified atom stereocenters. The van der Waals surface area contributed by atoms with Crippen molar-refractivity contribution in [1.82, 2.24) is 0 Å². The first kappa shape index (κ1) is 46.4. The third-order valence-electron chi connectivity index (χ3n) is 0. The zero-order valence-electron chi connectivity index (χ0n) is 1.00. The van der Waals surface area contributed by atoms with Crippen LogP contribution in [0.15, 0.2) is 0 Å². The number of rotatable bonds is 0. The fourth-order valence-corrected chi connectivity index (χ4v) is 0. The number of hydrogen-bond acceptors (Lipinski definition) is 0. The molecule has 0 amide bonds. The Morgan fingerprint density at radius 3 is 0.750 bits per heavy atom. The van der Waals surface area contributed by atoms with Crippen molar-refractivity contribution in [3.05, 3.63) is 0 Å². The Morgan fingerprint density at radius 2 is 0.750 bits per heavy atom. The Kier molecular flexibility index (Phi) is 270. The summed E-state index contributed by atoms with van der Waals surface area (Å²) in [5.74, 6) is 0. The fourth-order valence-electron chi connectivity index (χ4n) is 0. The van der Waals surface area contributed by atoms with E-state index in [0.717, 1.165) is 0 Å². The third-order valence-corrected chi connectivity index (χ3v) is 0. The summed E-state index contributed by atoms with van der Waals surface area (Å²) in [7, 11) is 0. The van der Waals surface area contributed by atoms with Gasteiger partial charge < -0.3 is 0 Å². The van der Waals surface area contributed by atoms with E-state index in [9.17, 15) is 0 Å². The minimum atomic E-state index is 0. The van der Waals surface area contributed by atoms with Crippen LogP contribution in [0.3, 0.4) is 0 Å². The van der Waals surface area contributed by atoms with E-state index >= 15 is 0 Å². The van der Waals surface area contributed by atoms with Crippen molar-refractivity contribution in [2.24, 2.45) is 0 Å². The van der Waals surface area contributed by atoms with Crippen molar-refractivity contribution in [1.29, 1.82) is 0 Å². The van der Waals surface area contributed by atoms with Crippen molar-refractivity contribution in [2.75, 3.05) is 0 Å². The molecule has 0 aromatic heterocycles. The zero-order valence-corrected chi connectivity index (χ0v) is 6.71. The molecular formula is C2H20Sn2. The van der Waals surface area contributed by atoms with Gasteiger partial charge in [0.15, 0.2) is 0 Å². The van der Waals surface area contributed by atoms with Gasteiger partial charge >= 0.3 is 0 Å². The first-order valence-corrected chi connectivity index (χ1v) is 0. The Bertz CT molecular complexity index is 13.7. The molecular weight excluding hydrogens is 261 g/mol. The molecule has 0 nitrogen and oxygen atoms in total. The van der Waals surface area contributed by atoms with Gasteiger partial charge in [0.25, 0.3) is 0 Å². The molecule has 0 saturated carbocycles.